The number of hydrogen-bond donors (Lipinski definition) is 3. The molecule has 0 unspecified atom stereocenters. The van der Waals surface area contributed by atoms with Gasteiger partial charge in [-0.05, 0) is 37.1 Å². The maximum Gasteiger partial charge on any atom is 0.251 e. The number of carbonyl (C=O) groups excluding carboxylic acids is 1. The van der Waals surface area contributed by atoms with Crippen LogP contribution in [0.25, 0.3) is 0 Å². The molecule has 4 heteroatoms. The van der Waals surface area contributed by atoms with E-state index >= 15 is 0 Å². The molecule has 1 aliphatic carbocycles. The zero-order valence-electron chi connectivity index (χ0n) is 7.79. The monoisotopic (exact) mass is 191 g/mol. The van der Waals surface area contributed by atoms with E-state index in [2.05, 4.69) is 10.7 Å². The van der Waals surface area contributed by atoms with Crippen molar-refractivity contribution in [2.24, 2.45) is 5.84 Å². The maximum absolute atomic E-state index is 11.5. The van der Waals surface area contributed by atoms with Crippen molar-refractivity contribution in [1.29, 1.82) is 0 Å². The quantitative estimate of drug-likeness (QED) is 0.490. The van der Waals surface area contributed by atoms with E-state index in [9.17, 15) is 4.79 Å². The highest BCUT2D eigenvalue weighted by molar-refractivity contribution is 5.94. The van der Waals surface area contributed by atoms with Crippen molar-refractivity contribution in [2.45, 2.75) is 18.9 Å². The van der Waals surface area contributed by atoms with E-state index in [0.29, 0.717) is 11.6 Å². The van der Waals surface area contributed by atoms with Crippen LogP contribution in [-0.2, 0) is 0 Å². The summed E-state index contributed by atoms with van der Waals surface area (Å²) in [7, 11) is 0. The Morgan fingerprint density at radius 3 is 2.43 bits per heavy atom. The number of carbonyl (C=O) groups is 1. The normalized spacial score (nSPS) is 14.9. The number of hydrogen-bond acceptors (Lipinski definition) is 3. The third-order valence-electron chi connectivity index (χ3n) is 2.23. The fourth-order valence-electron chi connectivity index (χ4n) is 1.21. The molecule has 4 N–H and O–H groups in total. The second-order valence-electron chi connectivity index (χ2n) is 3.47. The SMILES string of the molecule is NNc1ccc(C(=O)NC2CC2)cc1. The van der Waals surface area contributed by atoms with Crippen LogP contribution in [0.4, 0.5) is 5.69 Å². The van der Waals surface area contributed by atoms with E-state index in [1.54, 1.807) is 24.3 Å². The molecule has 74 valence electrons. The molecular weight excluding hydrogens is 178 g/mol. The molecule has 0 saturated heterocycles. The molecule has 0 atom stereocenters. The van der Waals surface area contributed by atoms with Crippen molar-refractivity contribution in [3.8, 4) is 0 Å². The van der Waals surface area contributed by atoms with Crippen molar-refractivity contribution in [1.82, 2.24) is 5.32 Å². The van der Waals surface area contributed by atoms with Gasteiger partial charge < -0.3 is 10.7 Å². The first-order chi connectivity index (χ1) is 6.79. The molecule has 1 aromatic rings. The minimum atomic E-state index is -0.00364. The van der Waals surface area contributed by atoms with Gasteiger partial charge in [-0.2, -0.15) is 0 Å². The predicted molar refractivity (Wildman–Crippen MR) is 54.7 cm³/mol. The Hall–Kier alpha value is -1.55. The molecule has 0 aliphatic heterocycles. The second kappa shape index (κ2) is 3.67. The third kappa shape index (κ3) is 2.03. The molecule has 0 radical (unpaired) electrons. The number of anilines is 1. The van der Waals surface area contributed by atoms with Crippen LogP contribution >= 0.6 is 0 Å². The van der Waals surface area contributed by atoms with Crippen molar-refractivity contribution >= 4 is 11.6 Å². The lowest BCUT2D eigenvalue weighted by Crippen LogP contribution is -2.25. The Morgan fingerprint density at radius 1 is 1.29 bits per heavy atom. The summed E-state index contributed by atoms with van der Waals surface area (Å²) in [4.78, 5) is 11.5. The average molecular weight is 191 g/mol. The summed E-state index contributed by atoms with van der Waals surface area (Å²) in [6.45, 7) is 0. The van der Waals surface area contributed by atoms with Gasteiger partial charge in [-0.1, -0.05) is 0 Å². The maximum atomic E-state index is 11.5. The van der Waals surface area contributed by atoms with Crippen LogP contribution in [0.15, 0.2) is 24.3 Å². The van der Waals surface area contributed by atoms with Crippen molar-refractivity contribution in [3.63, 3.8) is 0 Å². The lowest BCUT2D eigenvalue weighted by molar-refractivity contribution is 0.0951. The molecule has 2 rings (SSSR count). The number of rotatable bonds is 3. The second-order valence-corrected chi connectivity index (χ2v) is 3.47. The molecule has 1 aliphatic rings. The Morgan fingerprint density at radius 2 is 1.93 bits per heavy atom. The van der Waals surface area contributed by atoms with Crippen LogP contribution in [-0.4, -0.2) is 11.9 Å². The first-order valence-corrected chi connectivity index (χ1v) is 4.67. The minimum Gasteiger partial charge on any atom is -0.349 e. The molecule has 1 aromatic carbocycles. The molecule has 4 nitrogen and oxygen atoms in total. The molecule has 1 amide bonds. The van der Waals surface area contributed by atoms with E-state index in [-0.39, 0.29) is 5.91 Å². The van der Waals surface area contributed by atoms with Crippen LogP contribution in [0.3, 0.4) is 0 Å². The van der Waals surface area contributed by atoms with Gasteiger partial charge in [0.05, 0.1) is 0 Å². The van der Waals surface area contributed by atoms with Gasteiger partial charge in [0.25, 0.3) is 5.91 Å². The van der Waals surface area contributed by atoms with Crippen LogP contribution in [0.2, 0.25) is 0 Å². The molecule has 0 aromatic heterocycles. The number of nitrogens with two attached hydrogens (primary N) is 1. The summed E-state index contributed by atoms with van der Waals surface area (Å²) in [6, 6.07) is 7.47. The number of nitrogens with one attached hydrogen (secondary N) is 2. The van der Waals surface area contributed by atoms with E-state index < -0.39 is 0 Å². The molecule has 0 heterocycles. The smallest absolute Gasteiger partial charge is 0.251 e. The lowest BCUT2D eigenvalue weighted by atomic mass is 10.2. The number of benzene rings is 1. The van der Waals surface area contributed by atoms with Gasteiger partial charge >= 0.3 is 0 Å². The summed E-state index contributed by atoms with van der Waals surface area (Å²) in [5.41, 5.74) is 3.99. The minimum absolute atomic E-state index is 0.00364. The van der Waals surface area contributed by atoms with E-state index in [1.807, 2.05) is 0 Å². The zero-order chi connectivity index (χ0) is 9.97. The Bertz CT molecular complexity index is 330. The highest BCUT2D eigenvalue weighted by Crippen LogP contribution is 2.19. The molecule has 1 saturated carbocycles. The highest BCUT2D eigenvalue weighted by Gasteiger charge is 2.23. The summed E-state index contributed by atoms with van der Waals surface area (Å²) in [6.07, 6.45) is 2.21. The Kier molecular flexibility index (Phi) is 2.37. The summed E-state index contributed by atoms with van der Waals surface area (Å²) >= 11 is 0. The fourth-order valence-corrected chi connectivity index (χ4v) is 1.21. The average Bonchev–Trinajstić information content (AvgIpc) is 3.02. The molecular formula is C10H13N3O. The third-order valence-corrected chi connectivity index (χ3v) is 2.23. The molecule has 1 fully saturated rings. The highest BCUT2D eigenvalue weighted by atomic mass is 16.1. The van der Waals surface area contributed by atoms with Gasteiger partial charge in [0.1, 0.15) is 0 Å². The summed E-state index contributed by atoms with van der Waals surface area (Å²) < 4.78 is 0. The van der Waals surface area contributed by atoms with Crippen LogP contribution in [0.5, 0.6) is 0 Å². The van der Waals surface area contributed by atoms with E-state index in [1.165, 1.54) is 0 Å². The summed E-state index contributed by atoms with van der Waals surface area (Å²) in [5.74, 6) is 5.21. The molecule has 0 spiro atoms. The van der Waals surface area contributed by atoms with Crippen LogP contribution < -0.4 is 16.6 Å². The topological polar surface area (TPSA) is 67.1 Å². The van der Waals surface area contributed by atoms with Crippen molar-refractivity contribution < 1.29 is 4.79 Å². The van der Waals surface area contributed by atoms with Gasteiger partial charge in [0.15, 0.2) is 0 Å². The summed E-state index contributed by atoms with van der Waals surface area (Å²) in [5, 5.41) is 2.92. The predicted octanol–water partition coefficient (Wildman–Crippen LogP) is 0.864. The fraction of sp³-hybridized carbons (Fsp3) is 0.300. The van der Waals surface area contributed by atoms with E-state index in [4.69, 9.17) is 5.84 Å². The number of amides is 1. The van der Waals surface area contributed by atoms with E-state index in [0.717, 1.165) is 18.5 Å². The lowest BCUT2D eigenvalue weighted by Gasteiger charge is -2.04. The Labute approximate surface area is 82.5 Å². The van der Waals surface area contributed by atoms with Gasteiger partial charge in [-0.3, -0.25) is 10.6 Å². The molecule has 0 bridgehead atoms. The van der Waals surface area contributed by atoms with Gasteiger partial charge in [0, 0.05) is 17.3 Å². The van der Waals surface area contributed by atoms with Gasteiger partial charge in [-0.25, -0.2) is 0 Å². The van der Waals surface area contributed by atoms with Crippen molar-refractivity contribution in [3.05, 3.63) is 29.8 Å². The zero-order valence-corrected chi connectivity index (χ0v) is 7.79. The Balaban J connectivity index is 2.03. The van der Waals surface area contributed by atoms with Crippen LogP contribution in [0, 0.1) is 0 Å². The van der Waals surface area contributed by atoms with Gasteiger partial charge in [-0.15, -0.1) is 0 Å². The number of hydrazine groups is 1. The first kappa shape index (κ1) is 9.02. The van der Waals surface area contributed by atoms with Crippen LogP contribution in [0.1, 0.15) is 23.2 Å². The van der Waals surface area contributed by atoms with Crippen molar-refractivity contribution in [2.75, 3.05) is 5.43 Å². The number of nitrogen functional groups attached to an aromatic ring is 1. The molecule has 14 heavy (non-hydrogen) atoms. The van der Waals surface area contributed by atoms with Gasteiger partial charge in [0.2, 0.25) is 0 Å². The first-order valence-electron chi connectivity index (χ1n) is 4.67. The standard InChI is InChI=1S/C10H13N3O/c11-13-9-3-1-7(2-4-9)10(14)12-8-5-6-8/h1-4,8,13H,5-6,11H2,(H,12,14). The largest absolute Gasteiger partial charge is 0.349 e.